The predicted molar refractivity (Wildman–Crippen MR) is 139 cm³/mol. The van der Waals surface area contributed by atoms with Crippen molar-refractivity contribution in [1.29, 1.82) is 0 Å². The van der Waals surface area contributed by atoms with Gasteiger partial charge in [0.2, 0.25) is 0 Å². The van der Waals surface area contributed by atoms with E-state index < -0.39 is 14.5 Å². The maximum atomic E-state index is 14.2. The van der Waals surface area contributed by atoms with Gasteiger partial charge in [-0.05, 0) is 61.6 Å². The molecule has 186 valence electrons. The van der Waals surface area contributed by atoms with Crippen molar-refractivity contribution in [3.05, 3.63) is 42.1 Å². The molecule has 2 saturated heterocycles. The number of nitrogens with two attached hydrogens (primary N) is 1. The largest absolute Gasteiger partial charge is 0.494 e. The molecular weight excluding hydrogens is 434 g/mol. The SMILES string of the molecule is C=C(N)C1(S(=C)(=O)N2CCC(c3ccc(OCCCC)cc3)CC2)CCN(CCOC)CC1. The van der Waals surface area contributed by atoms with Crippen molar-refractivity contribution < 1.29 is 13.7 Å². The Kier molecular flexibility index (Phi) is 9.27. The van der Waals surface area contributed by atoms with Crippen LogP contribution in [0.3, 0.4) is 0 Å². The first-order valence-corrected chi connectivity index (χ1v) is 14.0. The Morgan fingerprint density at radius 3 is 2.33 bits per heavy atom. The van der Waals surface area contributed by atoms with Crippen LogP contribution in [-0.4, -0.2) is 77.1 Å². The first kappa shape index (κ1) is 26.1. The number of hydrogen-bond donors (Lipinski definition) is 1. The lowest BCUT2D eigenvalue weighted by Gasteiger charge is -2.48. The van der Waals surface area contributed by atoms with E-state index >= 15 is 0 Å². The molecule has 1 unspecified atom stereocenters. The van der Waals surface area contributed by atoms with E-state index in [0.717, 1.165) is 83.6 Å². The molecule has 0 amide bonds. The van der Waals surface area contributed by atoms with Gasteiger partial charge in [-0.15, -0.1) is 0 Å². The zero-order valence-electron chi connectivity index (χ0n) is 20.6. The van der Waals surface area contributed by atoms with Crippen molar-refractivity contribution in [1.82, 2.24) is 9.21 Å². The van der Waals surface area contributed by atoms with Crippen LogP contribution in [0.1, 0.15) is 56.9 Å². The standard InChI is InChI=1S/C26H43N3O3S/c1-5-6-20-32-25-9-7-23(8-10-25)24-11-15-29(16-12-24)33(4,30)26(22(2)27)13-17-28(18-14-26)19-21-31-3/h7-10,24H,2,4-6,11-21,27H2,1,3H3. The summed E-state index contributed by atoms with van der Waals surface area (Å²) in [7, 11) is -0.864. The van der Waals surface area contributed by atoms with Crippen molar-refractivity contribution in [3.8, 4) is 5.75 Å². The van der Waals surface area contributed by atoms with E-state index in [9.17, 15) is 4.21 Å². The van der Waals surface area contributed by atoms with Gasteiger partial charge in [0.1, 0.15) is 5.75 Å². The van der Waals surface area contributed by atoms with Crippen LogP contribution in [0.2, 0.25) is 0 Å². The van der Waals surface area contributed by atoms with Crippen LogP contribution >= 0.6 is 0 Å². The minimum atomic E-state index is -2.58. The lowest BCUT2D eigenvalue weighted by atomic mass is 9.90. The first-order valence-electron chi connectivity index (χ1n) is 12.3. The van der Waals surface area contributed by atoms with E-state index in [1.54, 1.807) is 7.11 Å². The van der Waals surface area contributed by atoms with E-state index in [4.69, 9.17) is 15.2 Å². The fraction of sp³-hybridized carbons (Fsp3) is 0.654. The van der Waals surface area contributed by atoms with Gasteiger partial charge in [0, 0.05) is 55.2 Å². The van der Waals surface area contributed by atoms with Crippen LogP contribution in [0, 0.1) is 0 Å². The van der Waals surface area contributed by atoms with Gasteiger partial charge in [-0.3, -0.25) is 4.21 Å². The summed E-state index contributed by atoms with van der Waals surface area (Å²) in [6.07, 6.45) is 5.61. The molecule has 0 spiro atoms. The molecule has 2 aliphatic heterocycles. The summed E-state index contributed by atoms with van der Waals surface area (Å²) in [5.41, 5.74) is 8.18. The molecule has 0 saturated carbocycles. The number of likely N-dealkylation sites (tertiary alicyclic amines) is 1. The predicted octanol–water partition coefficient (Wildman–Crippen LogP) is 3.63. The topological polar surface area (TPSA) is 68.0 Å². The Balaban J connectivity index is 1.61. The summed E-state index contributed by atoms with van der Waals surface area (Å²) in [6, 6.07) is 8.52. The Labute approximate surface area is 201 Å². The lowest BCUT2D eigenvalue weighted by Crippen LogP contribution is -2.57. The van der Waals surface area contributed by atoms with Crippen LogP contribution in [-0.2, 0) is 14.4 Å². The molecule has 6 nitrogen and oxygen atoms in total. The van der Waals surface area contributed by atoms with Crippen LogP contribution in [0.5, 0.6) is 5.75 Å². The highest BCUT2D eigenvalue weighted by Crippen LogP contribution is 2.39. The molecule has 0 aromatic heterocycles. The van der Waals surface area contributed by atoms with Gasteiger partial charge in [0.25, 0.3) is 0 Å². The monoisotopic (exact) mass is 477 g/mol. The van der Waals surface area contributed by atoms with Crippen molar-refractivity contribution in [3.63, 3.8) is 0 Å². The molecule has 2 N–H and O–H groups in total. The second-order valence-corrected chi connectivity index (χ2v) is 12.0. The van der Waals surface area contributed by atoms with Crippen molar-refractivity contribution in [2.45, 2.75) is 56.1 Å². The lowest BCUT2D eigenvalue weighted by molar-refractivity contribution is 0.128. The van der Waals surface area contributed by atoms with Crippen LogP contribution in [0.4, 0.5) is 0 Å². The molecule has 2 aliphatic rings. The highest BCUT2D eigenvalue weighted by molar-refractivity contribution is 7.99. The second-order valence-electron chi connectivity index (χ2n) is 9.47. The third-order valence-electron chi connectivity index (χ3n) is 7.46. The number of benzene rings is 1. The average molecular weight is 478 g/mol. The quantitative estimate of drug-likeness (QED) is 0.389. The van der Waals surface area contributed by atoms with E-state index in [1.807, 2.05) is 0 Å². The number of piperidine rings is 2. The Morgan fingerprint density at radius 2 is 1.79 bits per heavy atom. The maximum absolute atomic E-state index is 14.2. The highest BCUT2D eigenvalue weighted by atomic mass is 32.2. The fourth-order valence-electron chi connectivity index (χ4n) is 5.10. The fourth-order valence-corrected chi connectivity index (χ4v) is 7.63. The minimum absolute atomic E-state index is 0.467. The van der Waals surface area contributed by atoms with Gasteiger partial charge in [0.05, 0.1) is 18.0 Å². The van der Waals surface area contributed by atoms with E-state index in [-0.39, 0.29) is 0 Å². The van der Waals surface area contributed by atoms with Gasteiger partial charge < -0.3 is 20.1 Å². The maximum Gasteiger partial charge on any atom is 0.119 e. The zero-order valence-corrected chi connectivity index (χ0v) is 21.4. The highest BCUT2D eigenvalue weighted by Gasteiger charge is 2.46. The summed E-state index contributed by atoms with van der Waals surface area (Å²) in [5, 5.41) is 0. The molecule has 0 bridgehead atoms. The third-order valence-corrected chi connectivity index (χ3v) is 10.6. The van der Waals surface area contributed by atoms with Gasteiger partial charge in [-0.2, -0.15) is 0 Å². The number of methoxy groups -OCH3 is 1. The Hall–Kier alpha value is -1.54. The second kappa shape index (κ2) is 11.7. The third kappa shape index (κ3) is 5.94. The van der Waals surface area contributed by atoms with E-state index in [2.05, 4.69) is 52.8 Å². The molecular formula is C26H43N3O3S. The molecule has 7 heteroatoms. The summed E-state index contributed by atoms with van der Waals surface area (Å²) in [6.45, 7) is 11.8. The van der Waals surface area contributed by atoms with Crippen LogP contribution < -0.4 is 10.5 Å². The number of ether oxygens (including phenoxy) is 2. The molecule has 1 aromatic rings. The zero-order chi connectivity index (χ0) is 23.9. The van der Waals surface area contributed by atoms with Crippen molar-refractivity contribution in [2.75, 3.05) is 53.0 Å². The molecule has 2 heterocycles. The van der Waals surface area contributed by atoms with E-state index in [0.29, 0.717) is 18.2 Å². The average Bonchev–Trinajstić information content (AvgIpc) is 2.83. The number of unbranched alkanes of at least 4 members (excludes halogenated alkanes) is 1. The van der Waals surface area contributed by atoms with Crippen LogP contribution in [0.15, 0.2) is 36.5 Å². The Bertz CT molecular complexity index is 853. The molecule has 1 atom stereocenters. The molecule has 1 aromatic carbocycles. The van der Waals surface area contributed by atoms with Crippen molar-refractivity contribution in [2.24, 2.45) is 5.73 Å². The van der Waals surface area contributed by atoms with E-state index in [1.165, 1.54) is 5.56 Å². The first-order chi connectivity index (χ1) is 15.8. The van der Waals surface area contributed by atoms with Crippen LogP contribution in [0.25, 0.3) is 0 Å². The summed E-state index contributed by atoms with van der Waals surface area (Å²) >= 11 is 0. The normalized spacial score (nSPS) is 22.0. The summed E-state index contributed by atoms with van der Waals surface area (Å²) < 4.78 is 26.7. The molecule has 2 fully saturated rings. The van der Waals surface area contributed by atoms with Crippen molar-refractivity contribution >= 4 is 15.6 Å². The molecule has 33 heavy (non-hydrogen) atoms. The number of hydrogen-bond acceptors (Lipinski definition) is 5. The Morgan fingerprint density at radius 1 is 1.15 bits per heavy atom. The van der Waals surface area contributed by atoms with Gasteiger partial charge in [0.15, 0.2) is 0 Å². The van der Waals surface area contributed by atoms with Gasteiger partial charge in [-0.1, -0.05) is 32.1 Å². The van der Waals surface area contributed by atoms with Gasteiger partial charge >= 0.3 is 0 Å². The molecule has 3 rings (SSSR count). The molecule has 0 aliphatic carbocycles. The minimum Gasteiger partial charge on any atom is -0.494 e. The smallest absolute Gasteiger partial charge is 0.119 e. The summed E-state index contributed by atoms with van der Waals surface area (Å²) in [5.74, 6) is 5.70. The number of nitrogens with zero attached hydrogens (tertiary/aromatic N) is 2. The summed E-state index contributed by atoms with van der Waals surface area (Å²) in [4.78, 5) is 2.35. The molecule has 0 radical (unpaired) electrons. The van der Waals surface area contributed by atoms with Gasteiger partial charge in [-0.25, -0.2) is 4.31 Å². The number of rotatable bonds is 11.